The maximum atomic E-state index is 12.6. The molecule has 3 aromatic rings. The number of nitrogen functional groups attached to an aromatic ring is 1. The molecule has 4 rings (SSSR count). The lowest BCUT2D eigenvalue weighted by molar-refractivity contribution is -0.148. The number of aryl methyl sites for hydroxylation is 1. The number of anilines is 2. The van der Waals surface area contributed by atoms with E-state index in [1.54, 1.807) is 6.07 Å². The fourth-order valence-electron chi connectivity index (χ4n) is 3.15. The molecule has 0 radical (unpaired) electrons. The van der Waals surface area contributed by atoms with Crippen molar-refractivity contribution in [2.75, 3.05) is 11.1 Å². The molecule has 0 atom stereocenters. The highest BCUT2D eigenvalue weighted by Gasteiger charge is 2.50. The average Bonchev–Trinajstić information content (AvgIpc) is 3.02. The molecule has 9 heteroatoms. The number of aromatic nitrogens is 3. The Morgan fingerprint density at radius 3 is 2.81 bits per heavy atom. The summed E-state index contributed by atoms with van der Waals surface area (Å²) >= 11 is 0. The lowest BCUT2D eigenvalue weighted by atomic mass is 9.76. The van der Waals surface area contributed by atoms with Gasteiger partial charge in [0.2, 0.25) is 0 Å². The predicted octanol–water partition coefficient (Wildman–Crippen LogP) is 2.75. The van der Waals surface area contributed by atoms with Gasteiger partial charge < -0.3 is 20.6 Å². The van der Waals surface area contributed by atoms with Crippen LogP contribution in [-0.2, 0) is 0 Å². The van der Waals surface area contributed by atoms with Crippen LogP contribution in [0.25, 0.3) is 22.5 Å². The number of alkyl halides is 2. The van der Waals surface area contributed by atoms with Crippen molar-refractivity contribution in [2.24, 2.45) is 0 Å². The van der Waals surface area contributed by atoms with Crippen molar-refractivity contribution in [3.63, 3.8) is 0 Å². The minimum absolute atomic E-state index is 0.0723. The van der Waals surface area contributed by atoms with E-state index in [1.165, 1.54) is 0 Å². The second-order valence-electron chi connectivity index (χ2n) is 6.67. The van der Waals surface area contributed by atoms with Gasteiger partial charge >= 0.3 is 6.01 Å². The lowest BCUT2D eigenvalue weighted by Gasteiger charge is -2.42. The van der Waals surface area contributed by atoms with Crippen LogP contribution in [-0.4, -0.2) is 38.4 Å². The highest BCUT2D eigenvalue weighted by atomic mass is 19.3. The van der Waals surface area contributed by atoms with E-state index in [9.17, 15) is 13.9 Å². The first-order chi connectivity index (χ1) is 12.3. The third-order valence-electron chi connectivity index (χ3n) is 4.62. The first-order valence-corrected chi connectivity index (χ1v) is 8.12. The van der Waals surface area contributed by atoms with Gasteiger partial charge in [0.25, 0.3) is 12.3 Å². The van der Waals surface area contributed by atoms with Crippen LogP contribution < -0.4 is 11.1 Å². The van der Waals surface area contributed by atoms with Gasteiger partial charge in [-0.25, -0.2) is 13.8 Å². The summed E-state index contributed by atoms with van der Waals surface area (Å²) in [4.78, 5) is 4.50. The molecule has 0 bridgehead atoms. The van der Waals surface area contributed by atoms with Crippen LogP contribution >= 0.6 is 0 Å². The zero-order valence-corrected chi connectivity index (χ0v) is 13.9. The summed E-state index contributed by atoms with van der Waals surface area (Å²) in [6.07, 6.45) is -2.91. The Balaban J connectivity index is 1.53. The fourth-order valence-corrected chi connectivity index (χ4v) is 3.15. The number of nitrogens with one attached hydrogen (secondary N) is 1. The van der Waals surface area contributed by atoms with Gasteiger partial charge in [0.15, 0.2) is 0 Å². The normalized spacial score (nSPS) is 22.6. The molecule has 0 aliphatic heterocycles. The summed E-state index contributed by atoms with van der Waals surface area (Å²) in [7, 11) is 0. The monoisotopic (exact) mass is 361 g/mol. The molecule has 136 valence electrons. The number of rotatable bonds is 4. The maximum absolute atomic E-state index is 12.6. The number of benzene rings is 1. The highest BCUT2D eigenvalue weighted by Crippen LogP contribution is 2.39. The van der Waals surface area contributed by atoms with E-state index in [4.69, 9.17) is 10.2 Å². The summed E-state index contributed by atoms with van der Waals surface area (Å²) in [6, 6.07) is 7.02. The number of halogens is 2. The summed E-state index contributed by atoms with van der Waals surface area (Å²) in [6.45, 7) is 1.93. The highest BCUT2D eigenvalue weighted by molar-refractivity contribution is 5.86. The van der Waals surface area contributed by atoms with Crippen LogP contribution in [0.1, 0.15) is 18.4 Å². The van der Waals surface area contributed by atoms with Crippen molar-refractivity contribution < 1.29 is 18.3 Å². The zero-order valence-electron chi connectivity index (χ0n) is 13.9. The first-order valence-electron chi connectivity index (χ1n) is 8.12. The van der Waals surface area contributed by atoms with Crippen LogP contribution in [0.3, 0.4) is 0 Å². The van der Waals surface area contributed by atoms with Crippen molar-refractivity contribution in [3.8, 4) is 11.6 Å². The number of nitrogens with two attached hydrogens (primary N) is 1. The van der Waals surface area contributed by atoms with E-state index in [-0.39, 0.29) is 30.8 Å². The van der Waals surface area contributed by atoms with Crippen LogP contribution in [0.5, 0.6) is 0 Å². The fraction of sp³-hybridized carbons (Fsp3) is 0.353. The van der Waals surface area contributed by atoms with Gasteiger partial charge in [-0.05, 0) is 36.8 Å². The Morgan fingerprint density at radius 1 is 1.31 bits per heavy atom. The maximum Gasteiger partial charge on any atom is 0.316 e. The summed E-state index contributed by atoms with van der Waals surface area (Å²) < 4.78 is 30.8. The smallest absolute Gasteiger partial charge is 0.316 e. The number of pyridine rings is 1. The van der Waals surface area contributed by atoms with Gasteiger partial charge in [-0.3, -0.25) is 0 Å². The molecule has 1 aromatic carbocycles. The van der Waals surface area contributed by atoms with Crippen LogP contribution in [0.4, 0.5) is 20.5 Å². The molecule has 0 saturated heterocycles. The molecule has 1 saturated carbocycles. The second-order valence-corrected chi connectivity index (χ2v) is 6.67. The van der Waals surface area contributed by atoms with Crippen LogP contribution in [0, 0.1) is 6.92 Å². The van der Waals surface area contributed by atoms with Crippen LogP contribution in [0.2, 0.25) is 0 Å². The Labute approximate surface area is 147 Å². The molecule has 2 aromatic heterocycles. The number of hydrogen-bond acceptors (Lipinski definition) is 7. The van der Waals surface area contributed by atoms with Crippen molar-refractivity contribution in [2.45, 2.75) is 37.8 Å². The quantitative estimate of drug-likeness (QED) is 0.613. The van der Waals surface area contributed by atoms with Gasteiger partial charge in [-0.2, -0.15) is 0 Å². The van der Waals surface area contributed by atoms with E-state index in [0.29, 0.717) is 11.4 Å². The minimum Gasteiger partial charge on any atom is -0.402 e. The van der Waals surface area contributed by atoms with Crippen molar-refractivity contribution in [1.82, 2.24) is 15.2 Å². The molecular formula is C17H17F2N5O2. The van der Waals surface area contributed by atoms with Gasteiger partial charge in [0, 0.05) is 30.0 Å². The first kappa shape index (κ1) is 16.6. The number of fused-ring (bicyclic) bond motifs is 1. The van der Waals surface area contributed by atoms with Crippen molar-refractivity contribution in [1.29, 1.82) is 0 Å². The molecule has 1 aliphatic carbocycles. The average molecular weight is 361 g/mol. The molecule has 7 nitrogen and oxygen atoms in total. The number of aliphatic hydroxyl groups is 1. The van der Waals surface area contributed by atoms with Gasteiger partial charge in [-0.15, -0.1) is 5.10 Å². The Kier molecular flexibility index (Phi) is 3.76. The van der Waals surface area contributed by atoms with E-state index in [1.807, 2.05) is 25.1 Å². The molecule has 0 spiro atoms. The molecule has 1 fully saturated rings. The van der Waals surface area contributed by atoms with Crippen molar-refractivity contribution in [3.05, 3.63) is 29.8 Å². The summed E-state index contributed by atoms with van der Waals surface area (Å²) in [5, 5.41) is 21.2. The van der Waals surface area contributed by atoms with E-state index < -0.39 is 12.0 Å². The molecule has 0 unspecified atom stereocenters. The van der Waals surface area contributed by atoms with Gasteiger partial charge in [0.1, 0.15) is 11.3 Å². The van der Waals surface area contributed by atoms with Crippen molar-refractivity contribution >= 4 is 22.6 Å². The second kappa shape index (κ2) is 5.87. The number of nitrogens with zero attached hydrogens (tertiary/aromatic N) is 3. The molecule has 26 heavy (non-hydrogen) atoms. The van der Waals surface area contributed by atoms with Crippen LogP contribution in [0.15, 0.2) is 28.7 Å². The Bertz CT molecular complexity index is 969. The van der Waals surface area contributed by atoms with Gasteiger partial charge in [0.05, 0.1) is 5.52 Å². The Morgan fingerprint density at radius 2 is 2.08 bits per heavy atom. The van der Waals surface area contributed by atoms with E-state index >= 15 is 0 Å². The predicted molar refractivity (Wildman–Crippen MR) is 91.8 cm³/mol. The number of hydrogen-bond donors (Lipinski definition) is 3. The third-order valence-corrected chi connectivity index (χ3v) is 4.62. The zero-order chi connectivity index (χ0) is 18.5. The largest absolute Gasteiger partial charge is 0.402 e. The Hall–Kier alpha value is -2.81. The topological polar surface area (TPSA) is 110 Å². The molecule has 2 heterocycles. The standard InChI is InChI=1S/C17H17F2N5O2/c1-8-4-13(22-12-3-2-9(20)5-11(8)12)14-23-24-16(26-14)21-10-6-17(25,7-10)15(18)19/h2-5,10,15,25H,6-7,20H2,1H3,(H,21,24). The lowest BCUT2D eigenvalue weighted by Crippen LogP contribution is -2.55. The minimum atomic E-state index is -2.77. The SMILES string of the molecule is Cc1cc(-c2nnc(NC3CC(O)(C(F)F)C3)o2)nc2ccc(N)cc12. The summed E-state index contributed by atoms with van der Waals surface area (Å²) in [5.74, 6) is 0.220. The molecule has 0 amide bonds. The molecular weight excluding hydrogens is 344 g/mol. The molecule has 1 aliphatic rings. The third kappa shape index (κ3) is 2.84. The summed E-state index contributed by atoms with van der Waals surface area (Å²) in [5.41, 5.74) is 6.76. The van der Waals surface area contributed by atoms with Gasteiger partial charge in [-0.1, -0.05) is 5.10 Å². The van der Waals surface area contributed by atoms with E-state index in [2.05, 4.69) is 20.5 Å². The molecule has 4 N–H and O–H groups in total. The van der Waals surface area contributed by atoms with E-state index in [0.717, 1.165) is 16.5 Å².